The number of sulfonamides is 1. The fourth-order valence-corrected chi connectivity index (χ4v) is 16.8. The molecule has 7 aliphatic rings. The standard InChI is InChI=1S/C26H25F3N4O4.C23H25F4N3O3S.C22H25F3N6O2/c27-19-11-21(29)20(28)9-13(19)10-22(30)14-7-15-5-6-16(8-14)32(15)23(34)12-31-26(37)33-24(35)17-3-1-2-4-18(17)25(33)36;24-15-1-5-18(6-2-15)34(32,33)29-12-23(31)30-16-3-4-17(30)8-14(7-16)22(28)10-13-9-20(26)21(27)11-19(13)25;23-15-9-17(25)16(24)7-11(15)8-18(26)12-5-13-1-2-14(6-12)31(13)20(32)10-29-21(33)19-3-4-28-22(27)30-19/h1-4,9,11,14-16,22H,5-8,10,12,30H2,(H,31,37);1-2,5-6,9,11,14,16-17,22,29H,3-4,7-8,10,12,28H2;3-4,7,9,12-14,18H,1-2,5-6,8,10,26H2,(H,29,33)(H2,27,28,30)/t14?,15-,16+,22-;14?,16-,17+,22-;12?,13-,14+,18-/m111/s1. The first-order valence-corrected chi connectivity index (χ1v) is 35.4. The van der Waals surface area contributed by atoms with E-state index in [-0.39, 0.29) is 148 Å². The topological polar surface area (TPSA) is 333 Å². The summed E-state index contributed by atoms with van der Waals surface area (Å²) in [5.74, 6) is -13.2. The molecular formula is C71H75F10N13O9S. The number of amides is 8. The molecule has 1 aromatic heterocycles. The van der Waals surface area contributed by atoms with E-state index in [0.29, 0.717) is 61.6 Å². The second-order valence-electron chi connectivity index (χ2n) is 27.3. The number of halogens is 10. The molecule has 6 bridgehead atoms. The van der Waals surface area contributed by atoms with Gasteiger partial charge in [0.15, 0.2) is 34.9 Å². The van der Waals surface area contributed by atoms with E-state index in [1.807, 2.05) is 0 Å². The molecule has 7 aliphatic heterocycles. The Labute approximate surface area is 590 Å². The number of nitrogen functional groups attached to an aromatic ring is 1. The highest BCUT2D eigenvalue weighted by molar-refractivity contribution is 7.89. The summed E-state index contributed by atoms with van der Waals surface area (Å²) in [5, 5.41) is 4.96. The van der Waals surface area contributed by atoms with Crippen molar-refractivity contribution in [2.45, 2.75) is 156 Å². The highest BCUT2D eigenvalue weighted by Gasteiger charge is 2.48. The van der Waals surface area contributed by atoms with Crippen molar-refractivity contribution in [2.24, 2.45) is 35.0 Å². The third-order valence-corrected chi connectivity index (χ3v) is 22.3. The average molecular weight is 1480 g/mol. The number of hydrogen-bond acceptors (Lipinski definition) is 15. The number of nitrogens with two attached hydrogens (primary N) is 4. The summed E-state index contributed by atoms with van der Waals surface area (Å²) in [6, 6.07) is 12.8. The van der Waals surface area contributed by atoms with Gasteiger partial charge in [-0.05, 0) is 191 Å². The van der Waals surface area contributed by atoms with Crippen LogP contribution in [0.25, 0.3) is 0 Å². The first-order valence-electron chi connectivity index (χ1n) is 33.9. The average Bonchev–Trinajstić information content (AvgIpc) is 1.63. The van der Waals surface area contributed by atoms with Gasteiger partial charge >= 0.3 is 6.03 Å². The fraction of sp³-hybridized carbons (Fsp3) is 0.423. The molecule has 6 fully saturated rings. The van der Waals surface area contributed by atoms with Gasteiger partial charge in [-0.25, -0.2) is 71.8 Å². The van der Waals surface area contributed by atoms with Gasteiger partial charge in [0, 0.05) is 78.8 Å². The number of rotatable bonds is 18. The Balaban J connectivity index is 0.000000157. The van der Waals surface area contributed by atoms with Crippen LogP contribution in [0.5, 0.6) is 0 Å². The van der Waals surface area contributed by atoms with Crippen LogP contribution in [0.15, 0.2) is 102 Å². The lowest BCUT2D eigenvalue weighted by atomic mass is 9.82. The number of nitrogens with zero attached hydrogens (tertiary/aromatic N) is 6. The van der Waals surface area contributed by atoms with Gasteiger partial charge in [0.05, 0.1) is 35.7 Å². The molecule has 3 unspecified atom stereocenters. The van der Waals surface area contributed by atoms with Gasteiger partial charge in [-0.15, -0.1) is 0 Å². The van der Waals surface area contributed by atoms with Gasteiger partial charge in [0.25, 0.3) is 17.7 Å². The lowest BCUT2D eigenvalue weighted by molar-refractivity contribution is -0.136. The number of nitrogens with one attached hydrogen (secondary N) is 3. The van der Waals surface area contributed by atoms with Crippen LogP contribution in [0.3, 0.4) is 0 Å². The van der Waals surface area contributed by atoms with Crippen LogP contribution in [-0.2, 0) is 43.7 Å². The van der Waals surface area contributed by atoms with E-state index < -0.39 is 117 Å². The Kier molecular flexibility index (Phi) is 23.2. The summed E-state index contributed by atoms with van der Waals surface area (Å²) in [6.07, 6.45) is 9.60. The Morgan fingerprint density at radius 2 is 0.817 bits per heavy atom. The van der Waals surface area contributed by atoms with Gasteiger partial charge in [-0.2, -0.15) is 4.90 Å². The van der Waals surface area contributed by atoms with Crippen molar-refractivity contribution in [1.82, 2.24) is 44.9 Å². The van der Waals surface area contributed by atoms with Crippen molar-refractivity contribution in [1.29, 1.82) is 0 Å². The fourth-order valence-electron chi connectivity index (χ4n) is 15.8. The molecule has 33 heteroatoms. The Bertz CT molecular complexity index is 4340. The van der Waals surface area contributed by atoms with Crippen LogP contribution in [0.2, 0.25) is 0 Å². The molecule has 13 rings (SSSR count). The summed E-state index contributed by atoms with van der Waals surface area (Å²) in [5.41, 5.74) is 24.8. The quantitative estimate of drug-likeness (QED) is 0.0255. The minimum Gasteiger partial charge on any atom is -0.368 e. The Hall–Kier alpha value is -9.44. The maximum absolute atomic E-state index is 14.1. The van der Waals surface area contributed by atoms with Crippen LogP contribution >= 0.6 is 0 Å². The van der Waals surface area contributed by atoms with E-state index in [1.54, 1.807) is 26.8 Å². The normalized spacial score (nSPS) is 23.1. The summed E-state index contributed by atoms with van der Waals surface area (Å²) >= 11 is 0. The molecule has 12 atom stereocenters. The van der Waals surface area contributed by atoms with E-state index in [0.717, 1.165) is 81.0 Å². The SMILES string of the molecule is N[C@H](Cc1cc(F)c(F)cc1F)C1C[C@H]2CC[C@@H](C1)N2C(=O)CNC(=O)N1C(=O)c2ccccc2C1=O.N[C@H](Cc1cc(F)c(F)cc1F)C1C[C@H]2CC[C@@H](C1)N2C(=O)CNS(=O)(=O)c1ccc(F)cc1.Nc1nccc(C(=O)NCC(=O)N2[C@@H]3CC[C@H]2CC([C@H](N)Cc2cc(F)c(F)cc2F)C3)n1. The van der Waals surface area contributed by atoms with E-state index in [4.69, 9.17) is 22.9 Å². The minimum absolute atomic E-state index is 0.00690. The highest BCUT2D eigenvalue weighted by atomic mass is 32.2. The maximum atomic E-state index is 14.1. The number of anilines is 1. The first kappa shape index (κ1) is 75.7. The molecule has 6 aromatic rings. The van der Waals surface area contributed by atoms with Crippen molar-refractivity contribution in [3.8, 4) is 0 Å². The molecule has 0 radical (unpaired) electrons. The molecule has 11 N–H and O–H groups in total. The first-order chi connectivity index (χ1) is 49.4. The van der Waals surface area contributed by atoms with Crippen LogP contribution < -0.4 is 38.3 Å². The Morgan fingerprint density at radius 3 is 1.18 bits per heavy atom. The van der Waals surface area contributed by atoms with Crippen molar-refractivity contribution < 1.29 is 85.9 Å². The number of aromatic nitrogens is 2. The molecule has 0 saturated carbocycles. The summed E-state index contributed by atoms with van der Waals surface area (Å²) in [7, 11) is -3.97. The molecular weight excluding hydrogens is 1400 g/mol. The number of carbonyl (C=O) groups is 7. The number of urea groups is 1. The molecule has 554 valence electrons. The lowest BCUT2D eigenvalue weighted by Gasteiger charge is -2.41. The van der Waals surface area contributed by atoms with Crippen molar-refractivity contribution >= 4 is 57.4 Å². The molecule has 5 aromatic carbocycles. The molecule has 22 nitrogen and oxygen atoms in total. The van der Waals surface area contributed by atoms with Crippen molar-refractivity contribution in [3.63, 3.8) is 0 Å². The number of carbonyl (C=O) groups excluding carboxylic acids is 7. The third kappa shape index (κ3) is 16.9. The van der Waals surface area contributed by atoms with Crippen LogP contribution in [0.1, 0.15) is 125 Å². The minimum atomic E-state index is -3.97. The number of imide groups is 3. The zero-order valence-electron chi connectivity index (χ0n) is 55.7. The second kappa shape index (κ2) is 31.9. The number of fused-ring (bicyclic) bond motifs is 7. The zero-order chi connectivity index (χ0) is 74.7. The van der Waals surface area contributed by atoms with Gasteiger partial charge in [-0.1, -0.05) is 12.1 Å². The van der Waals surface area contributed by atoms with Crippen LogP contribution in [-0.4, -0.2) is 153 Å². The van der Waals surface area contributed by atoms with Gasteiger partial charge in [0.2, 0.25) is 33.7 Å². The summed E-state index contributed by atoms with van der Waals surface area (Å²) < 4.78 is 162. The largest absolute Gasteiger partial charge is 0.368 e. The van der Waals surface area contributed by atoms with E-state index in [2.05, 4.69) is 25.3 Å². The van der Waals surface area contributed by atoms with E-state index in [1.165, 1.54) is 24.4 Å². The molecule has 8 heterocycles. The molecule has 104 heavy (non-hydrogen) atoms. The third-order valence-electron chi connectivity index (χ3n) is 20.9. The molecule has 8 amide bonds. The predicted molar refractivity (Wildman–Crippen MR) is 354 cm³/mol. The van der Waals surface area contributed by atoms with Crippen LogP contribution in [0.4, 0.5) is 54.6 Å². The second-order valence-corrected chi connectivity index (χ2v) is 29.1. The van der Waals surface area contributed by atoms with Crippen LogP contribution in [0, 0.1) is 75.9 Å². The number of piperidine rings is 3. The monoisotopic (exact) mass is 1480 g/mol. The maximum Gasteiger partial charge on any atom is 0.332 e. The summed E-state index contributed by atoms with van der Waals surface area (Å²) in [4.78, 5) is 102. The molecule has 6 saturated heterocycles. The Morgan fingerprint density at radius 1 is 0.471 bits per heavy atom. The smallest absolute Gasteiger partial charge is 0.332 e. The van der Waals surface area contributed by atoms with Gasteiger partial charge in [-0.3, -0.25) is 28.8 Å². The zero-order valence-corrected chi connectivity index (χ0v) is 56.6. The van der Waals surface area contributed by atoms with Crippen molar-refractivity contribution in [2.75, 3.05) is 25.4 Å². The summed E-state index contributed by atoms with van der Waals surface area (Å²) in [6.45, 7) is -0.980. The van der Waals surface area contributed by atoms with E-state index >= 15 is 0 Å². The number of benzene rings is 5. The number of hydrogen-bond donors (Lipinski definition) is 7. The molecule has 0 aliphatic carbocycles. The van der Waals surface area contributed by atoms with Crippen molar-refractivity contribution in [3.05, 3.63) is 189 Å². The van der Waals surface area contributed by atoms with E-state index in [9.17, 15) is 85.9 Å². The van der Waals surface area contributed by atoms with Gasteiger partial charge < -0.3 is 48.3 Å². The van der Waals surface area contributed by atoms with Gasteiger partial charge in [0.1, 0.15) is 29.0 Å². The predicted octanol–water partition coefficient (Wildman–Crippen LogP) is 7.16. The lowest BCUT2D eigenvalue weighted by Crippen LogP contribution is -2.54. The highest BCUT2D eigenvalue weighted by Crippen LogP contribution is 2.43. The molecule has 0 spiro atoms.